The van der Waals surface area contributed by atoms with Crippen LogP contribution in [0.4, 0.5) is 17.1 Å². The molecule has 0 spiro atoms. The molecule has 0 saturated carbocycles. The van der Waals surface area contributed by atoms with E-state index in [1.807, 2.05) is 48.5 Å². The molecule has 0 aliphatic rings. The summed E-state index contributed by atoms with van der Waals surface area (Å²) in [5.41, 5.74) is 2.64. The molecule has 2 aromatic carbocycles. The Morgan fingerprint density at radius 3 is 2.36 bits per heavy atom. The van der Waals surface area contributed by atoms with Gasteiger partial charge in [-0.1, -0.05) is 22.0 Å². The minimum atomic E-state index is -0.266. The molecule has 110 valence electrons. The lowest BCUT2D eigenvalue weighted by Crippen LogP contribution is -2.10. The Bertz CT molecular complexity index is 768. The molecule has 4 nitrogen and oxygen atoms in total. The third kappa shape index (κ3) is 3.56. The van der Waals surface area contributed by atoms with E-state index < -0.39 is 0 Å². The number of anilines is 3. The van der Waals surface area contributed by atoms with E-state index in [9.17, 15) is 4.79 Å². The van der Waals surface area contributed by atoms with Crippen LogP contribution in [0.1, 0.15) is 10.6 Å². The first-order valence-corrected chi connectivity index (χ1v) is 7.47. The molecule has 0 radical (unpaired) electrons. The number of hydrogen-bond acceptors (Lipinski definition) is 3. The molecule has 0 saturated heterocycles. The largest absolute Gasteiger partial charge is 0.459 e. The first-order chi connectivity index (χ1) is 10.7. The van der Waals surface area contributed by atoms with Gasteiger partial charge in [0.1, 0.15) is 0 Å². The van der Waals surface area contributed by atoms with Gasteiger partial charge in [-0.05, 0) is 54.6 Å². The van der Waals surface area contributed by atoms with E-state index >= 15 is 0 Å². The smallest absolute Gasteiger partial charge is 0.291 e. The zero-order valence-electron chi connectivity index (χ0n) is 11.5. The maximum absolute atomic E-state index is 11.9. The van der Waals surface area contributed by atoms with Gasteiger partial charge in [0.25, 0.3) is 5.91 Å². The Balaban J connectivity index is 1.66. The van der Waals surface area contributed by atoms with Gasteiger partial charge in [-0.2, -0.15) is 0 Å². The predicted octanol–water partition coefficient (Wildman–Crippen LogP) is 5.04. The molecule has 0 fully saturated rings. The van der Waals surface area contributed by atoms with Crippen LogP contribution in [0.3, 0.4) is 0 Å². The van der Waals surface area contributed by atoms with Crippen LogP contribution in [0.5, 0.6) is 0 Å². The Kier molecular flexibility index (Phi) is 4.25. The maximum Gasteiger partial charge on any atom is 0.291 e. The summed E-state index contributed by atoms with van der Waals surface area (Å²) in [6.07, 6.45) is 1.47. The number of halogens is 1. The molecule has 0 aliphatic carbocycles. The fourth-order valence-electron chi connectivity index (χ4n) is 1.97. The molecule has 5 heteroatoms. The fraction of sp³-hybridized carbons (Fsp3) is 0. The molecule has 3 aromatic rings. The van der Waals surface area contributed by atoms with Crippen LogP contribution in [-0.2, 0) is 0 Å². The minimum absolute atomic E-state index is 0.266. The van der Waals surface area contributed by atoms with Crippen molar-refractivity contribution in [3.63, 3.8) is 0 Å². The van der Waals surface area contributed by atoms with Gasteiger partial charge in [0.15, 0.2) is 5.76 Å². The molecule has 0 bridgehead atoms. The molecule has 2 N–H and O–H groups in total. The van der Waals surface area contributed by atoms with Crippen LogP contribution >= 0.6 is 15.9 Å². The molecule has 3 rings (SSSR count). The van der Waals surface area contributed by atoms with Crippen molar-refractivity contribution in [2.24, 2.45) is 0 Å². The average Bonchev–Trinajstić information content (AvgIpc) is 3.04. The fourth-order valence-corrected chi connectivity index (χ4v) is 2.37. The zero-order valence-corrected chi connectivity index (χ0v) is 13.1. The SMILES string of the molecule is O=C(Nc1ccc(Nc2cccc(Br)c2)cc1)c1ccco1. The standard InChI is InChI=1S/C17H13BrN2O2/c18-12-3-1-4-15(11-12)19-13-6-8-14(9-7-13)20-17(21)16-5-2-10-22-16/h1-11,19H,(H,20,21). The van der Waals surface area contributed by atoms with E-state index in [1.54, 1.807) is 12.1 Å². The Morgan fingerprint density at radius 2 is 1.68 bits per heavy atom. The van der Waals surface area contributed by atoms with Crippen molar-refractivity contribution in [3.8, 4) is 0 Å². The van der Waals surface area contributed by atoms with Crippen LogP contribution < -0.4 is 10.6 Å². The van der Waals surface area contributed by atoms with Crippen molar-refractivity contribution in [1.29, 1.82) is 0 Å². The van der Waals surface area contributed by atoms with Gasteiger partial charge in [0.2, 0.25) is 0 Å². The normalized spacial score (nSPS) is 10.2. The highest BCUT2D eigenvalue weighted by Crippen LogP contribution is 2.22. The molecule has 0 atom stereocenters. The quantitative estimate of drug-likeness (QED) is 0.688. The number of carbonyl (C=O) groups excluding carboxylic acids is 1. The van der Waals surface area contributed by atoms with E-state index in [-0.39, 0.29) is 11.7 Å². The molecular weight excluding hydrogens is 344 g/mol. The number of benzene rings is 2. The Labute approximate surface area is 136 Å². The highest BCUT2D eigenvalue weighted by atomic mass is 79.9. The number of amides is 1. The van der Waals surface area contributed by atoms with Crippen molar-refractivity contribution in [2.75, 3.05) is 10.6 Å². The third-order valence-corrected chi connectivity index (χ3v) is 3.49. The summed E-state index contributed by atoms with van der Waals surface area (Å²) in [5.74, 6) is 0.0223. The van der Waals surface area contributed by atoms with Crippen LogP contribution in [0.15, 0.2) is 75.8 Å². The van der Waals surface area contributed by atoms with Gasteiger partial charge in [-0.25, -0.2) is 0 Å². The van der Waals surface area contributed by atoms with Crippen LogP contribution in [0.25, 0.3) is 0 Å². The van der Waals surface area contributed by atoms with Gasteiger partial charge in [-0.3, -0.25) is 4.79 Å². The highest BCUT2D eigenvalue weighted by molar-refractivity contribution is 9.10. The predicted molar refractivity (Wildman–Crippen MR) is 90.5 cm³/mol. The van der Waals surface area contributed by atoms with Gasteiger partial charge in [0.05, 0.1) is 6.26 Å². The summed E-state index contributed by atoms with van der Waals surface area (Å²) in [7, 11) is 0. The number of furan rings is 1. The summed E-state index contributed by atoms with van der Waals surface area (Å²) >= 11 is 3.44. The molecule has 1 aromatic heterocycles. The molecule has 1 amide bonds. The molecular formula is C17H13BrN2O2. The average molecular weight is 357 g/mol. The highest BCUT2D eigenvalue weighted by Gasteiger charge is 2.08. The van der Waals surface area contributed by atoms with Crippen molar-refractivity contribution < 1.29 is 9.21 Å². The van der Waals surface area contributed by atoms with Gasteiger partial charge in [0, 0.05) is 21.5 Å². The van der Waals surface area contributed by atoms with Crippen LogP contribution in [-0.4, -0.2) is 5.91 Å². The lowest BCUT2D eigenvalue weighted by atomic mass is 10.2. The van der Waals surface area contributed by atoms with Gasteiger partial charge >= 0.3 is 0 Å². The van der Waals surface area contributed by atoms with E-state index in [1.165, 1.54) is 6.26 Å². The Hall–Kier alpha value is -2.53. The second kappa shape index (κ2) is 6.49. The maximum atomic E-state index is 11.9. The molecule has 0 unspecified atom stereocenters. The monoisotopic (exact) mass is 356 g/mol. The van der Waals surface area contributed by atoms with Crippen molar-refractivity contribution in [2.45, 2.75) is 0 Å². The van der Waals surface area contributed by atoms with E-state index in [0.29, 0.717) is 5.69 Å². The van der Waals surface area contributed by atoms with Crippen molar-refractivity contribution in [3.05, 3.63) is 77.2 Å². The van der Waals surface area contributed by atoms with Gasteiger partial charge in [-0.15, -0.1) is 0 Å². The third-order valence-electron chi connectivity index (χ3n) is 3.00. The summed E-state index contributed by atoms with van der Waals surface area (Å²) in [6.45, 7) is 0. The molecule has 0 aliphatic heterocycles. The second-order valence-electron chi connectivity index (χ2n) is 4.64. The second-order valence-corrected chi connectivity index (χ2v) is 5.56. The minimum Gasteiger partial charge on any atom is -0.459 e. The lowest BCUT2D eigenvalue weighted by Gasteiger charge is -2.08. The molecule has 1 heterocycles. The number of rotatable bonds is 4. The van der Waals surface area contributed by atoms with Gasteiger partial charge < -0.3 is 15.1 Å². The summed E-state index contributed by atoms with van der Waals surface area (Å²) in [5, 5.41) is 6.07. The summed E-state index contributed by atoms with van der Waals surface area (Å²) in [4.78, 5) is 11.9. The Morgan fingerprint density at radius 1 is 0.909 bits per heavy atom. The van der Waals surface area contributed by atoms with E-state index in [2.05, 4.69) is 26.6 Å². The topological polar surface area (TPSA) is 54.3 Å². The zero-order chi connectivity index (χ0) is 15.4. The van der Waals surface area contributed by atoms with Crippen LogP contribution in [0.2, 0.25) is 0 Å². The van der Waals surface area contributed by atoms with Crippen LogP contribution in [0, 0.1) is 0 Å². The molecule has 22 heavy (non-hydrogen) atoms. The van der Waals surface area contributed by atoms with Crippen molar-refractivity contribution in [1.82, 2.24) is 0 Å². The van der Waals surface area contributed by atoms with Crippen molar-refractivity contribution >= 4 is 38.9 Å². The van der Waals surface area contributed by atoms with E-state index in [4.69, 9.17) is 4.42 Å². The number of carbonyl (C=O) groups is 1. The number of nitrogens with one attached hydrogen (secondary N) is 2. The first kappa shape index (κ1) is 14.4. The summed E-state index contributed by atoms with van der Waals surface area (Å²) in [6, 6.07) is 18.7. The first-order valence-electron chi connectivity index (χ1n) is 6.68. The summed E-state index contributed by atoms with van der Waals surface area (Å²) < 4.78 is 6.07. The lowest BCUT2D eigenvalue weighted by molar-refractivity contribution is 0.0996. The number of hydrogen-bond donors (Lipinski definition) is 2. The van der Waals surface area contributed by atoms with E-state index in [0.717, 1.165) is 15.8 Å².